The molecular weight excluding hydrogens is 338 g/mol. The fraction of sp³-hybridized carbons (Fsp3) is 0.278. The summed E-state index contributed by atoms with van der Waals surface area (Å²) in [4.78, 5) is 9.63. The number of anilines is 1. The molecule has 0 radical (unpaired) electrons. The van der Waals surface area contributed by atoms with Crippen LogP contribution < -0.4 is 14.4 Å². The molecule has 1 unspecified atom stereocenters. The Morgan fingerprint density at radius 2 is 1.76 bits per heavy atom. The molecule has 0 amide bonds. The van der Waals surface area contributed by atoms with Crippen molar-refractivity contribution in [2.75, 3.05) is 33.2 Å². The molecule has 0 aliphatic carbocycles. The van der Waals surface area contributed by atoms with Gasteiger partial charge in [-0.05, 0) is 23.8 Å². The molecule has 0 aliphatic heterocycles. The van der Waals surface area contributed by atoms with Crippen LogP contribution in [0.5, 0.6) is 11.5 Å². The molecule has 1 heterocycles. The van der Waals surface area contributed by atoms with E-state index in [4.69, 9.17) is 9.47 Å². The van der Waals surface area contributed by atoms with Crippen LogP contribution in [0.25, 0.3) is 11.0 Å². The van der Waals surface area contributed by atoms with Crippen molar-refractivity contribution in [3.63, 3.8) is 0 Å². The van der Waals surface area contributed by atoms with Crippen molar-refractivity contribution in [3.8, 4) is 11.5 Å². The quantitative estimate of drug-likeness (QED) is 0.733. The molecule has 0 saturated heterocycles. The molecule has 0 saturated carbocycles. The summed E-state index contributed by atoms with van der Waals surface area (Å²) in [5.41, 5.74) is 3.35. The Bertz CT molecular complexity index is 880. The summed E-state index contributed by atoms with van der Waals surface area (Å²) >= 11 is 0. The van der Waals surface area contributed by atoms with Crippen LogP contribution in [-0.2, 0) is 16.6 Å². The van der Waals surface area contributed by atoms with Crippen LogP contribution in [0.3, 0.4) is 0 Å². The first kappa shape index (κ1) is 17.3. The summed E-state index contributed by atoms with van der Waals surface area (Å²) in [6.45, 7) is 0. The Hall–Kier alpha value is -2.54. The van der Waals surface area contributed by atoms with E-state index in [2.05, 4.69) is 9.97 Å². The molecule has 3 rings (SSSR count). The third-order valence-corrected chi connectivity index (χ3v) is 5.16. The average molecular weight is 359 g/mol. The van der Waals surface area contributed by atoms with Gasteiger partial charge in [0.05, 0.1) is 30.8 Å². The van der Waals surface area contributed by atoms with Crippen molar-refractivity contribution in [2.45, 2.75) is 10.9 Å². The first-order valence-corrected chi connectivity index (χ1v) is 9.11. The maximum absolute atomic E-state index is 12.9. The number of aromatic amines is 1. The lowest BCUT2D eigenvalue weighted by Crippen LogP contribution is -2.12. The minimum atomic E-state index is -1.32. The van der Waals surface area contributed by atoms with Crippen LogP contribution in [0.1, 0.15) is 5.56 Å². The number of hydrogen-bond donors (Lipinski definition) is 1. The second kappa shape index (κ2) is 7.14. The van der Waals surface area contributed by atoms with E-state index in [1.807, 2.05) is 43.3 Å². The van der Waals surface area contributed by atoms with E-state index in [1.54, 1.807) is 26.4 Å². The molecule has 1 aromatic heterocycles. The summed E-state index contributed by atoms with van der Waals surface area (Å²) in [6, 6.07) is 11.5. The molecule has 1 atom stereocenters. The van der Waals surface area contributed by atoms with Gasteiger partial charge in [-0.1, -0.05) is 18.2 Å². The number of rotatable bonds is 6. The second-order valence-electron chi connectivity index (χ2n) is 5.75. The van der Waals surface area contributed by atoms with Crippen molar-refractivity contribution in [1.82, 2.24) is 9.97 Å². The predicted molar refractivity (Wildman–Crippen MR) is 100 cm³/mol. The second-order valence-corrected chi connectivity index (χ2v) is 7.12. The molecule has 132 valence electrons. The molecule has 25 heavy (non-hydrogen) atoms. The SMILES string of the molecule is COc1ccc(OC)c2[nH]c(S(=O)Cc3ccccc3N(C)C)nc12. The van der Waals surface area contributed by atoms with Crippen molar-refractivity contribution in [2.24, 2.45) is 0 Å². The summed E-state index contributed by atoms with van der Waals surface area (Å²) in [5.74, 6) is 1.63. The Morgan fingerprint density at radius 3 is 2.44 bits per heavy atom. The average Bonchev–Trinajstić information content (AvgIpc) is 3.06. The van der Waals surface area contributed by atoms with Crippen LogP contribution in [0.2, 0.25) is 0 Å². The Morgan fingerprint density at radius 1 is 1.08 bits per heavy atom. The van der Waals surface area contributed by atoms with Crippen LogP contribution in [-0.4, -0.2) is 42.5 Å². The highest BCUT2D eigenvalue weighted by Crippen LogP contribution is 2.32. The van der Waals surface area contributed by atoms with Crippen molar-refractivity contribution < 1.29 is 13.7 Å². The number of para-hydroxylation sites is 1. The Balaban J connectivity index is 1.98. The van der Waals surface area contributed by atoms with Gasteiger partial charge >= 0.3 is 0 Å². The fourth-order valence-corrected chi connectivity index (χ4v) is 3.82. The van der Waals surface area contributed by atoms with Gasteiger partial charge in [-0.3, -0.25) is 4.21 Å². The van der Waals surface area contributed by atoms with Crippen LogP contribution in [0, 0.1) is 0 Å². The molecule has 1 N–H and O–H groups in total. The highest BCUT2D eigenvalue weighted by atomic mass is 32.2. The van der Waals surface area contributed by atoms with Gasteiger partial charge in [-0.15, -0.1) is 0 Å². The topological polar surface area (TPSA) is 67.5 Å². The zero-order valence-corrected chi connectivity index (χ0v) is 15.5. The Labute approximate surface area is 149 Å². The van der Waals surface area contributed by atoms with Gasteiger partial charge in [-0.25, -0.2) is 4.98 Å². The van der Waals surface area contributed by atoms with E-state index in [9.17, 15) is 4.21 Å². The van der Waals surface area contributed by atoms with Crippen molar-refractivity contribution in [1.29, 1.82) is 0 Å². The van der Waals surface area contributed by atoms with Gasteiger partial charge in [-0.2, -0.15) is 0 Å². The number of fused-ring (bicyclic) bond motifs is 1. The molecular formula is C18H21N3O3S. The van der Waals surface area contributed by atoms with E-state index < -0.39 is 10.8 Å². The van der Waals surface area contributed by atoms with Gasteiger partial charge in [0.15, 0.2) is 5.16 Å². The lowest BCUT2D eigenvalue weighted by atomic mass is 10.2. The third kappa shape index (κ3) is 3.32. The van der Waals surface area contributed by atoms with Crippen molar-refractivity contribution >= 4 is 27.5 Å². The smallest absolute Gasteiger partial charge is 0.197 e. The van der Waals surface area contributed by atoms with E-state index in [1.165, 1.54) is 0 Å². The first-order valence-electron chi connectivity index (χ1n) is 7.79. The van der Waals surface area contributed by atoms with E-state index >= 15 is 0 Å². The number of aromatic nitrogens is 2. The maximum Gasteiger partial charge on any atom is 0.197 e. The van der Waals surface area contributed by atoms with Gasteiger partial charge in [0, 0.05) is 19.8 Å². The number of benzene rings is 2. The molecule has 0 aliphatic rings. The largest absolute Gasteiger partial charge is 0.494 e. The zero-order chi connectivity index (χ0) is 18.0. The van der Waals surface area contributed by atoms with Gasteiger partial charge in [0.2, 0.25) is 0 Å². The molecule has 2 aromatic carbocycles. The van der Waals surface area contributed by atoms with E-state index in [0.717, 1.165) is 11.3 Å². The lowest BCUT2D eigenvalue weighted by Gasteiger charge is -2.16. The number of nitrogens with one attached hydrogen (secondary N) is 1. The summed E-state index contributed by atoms with van der Waals surface area (Å²) in [5, 5.41) is 0.409. The molecule has 6 nitrogen and oxygen atoms in total. The normalized spacial score (nSPS) is 12.2. The number of ether oxygens (including phenoxy) is 2. The van der Waals surface area contributed by atoms with Crippen LogP contribution in [0.15, 0.2) is 41.6 Å². The molecule has 0 bridgehead atoms. The summed E-state index contributed by atoms with van der Waals surface area (Å²) in [7, 11) is 5.80. The molecule has 0 fully saturated rings. The summed E-state index contributed by atoms with van der Waals surface area (Å²) in [6.07, 6.45) is 0. The number of imidazole rings is 1. The number of nitrogens with zero attached hydrogens (tertiary/aromatic N) is 2. The highest BCUT2D eigenvalue weighted by Gasteiger charge is 2.17. The minimum Gasteiger partial charge on any atom is -0.494 e. The van der Waals surface area contributed by atoms with E-state index in [-0.39, 0.29) is 0 Å². The molecule has 7 heteroatoms. The van der Waals surface area contributed by atoms with Crippen LogP contribution >= 0.6 is 0 Å². The predicted octanol–water partition coefficient (Wildman–Crippen LogP) is 2.95. The third-order valence-electron chi connectivity index (χ3n) is 3.96. The van der Waals surface area contributed by atoms with Crippen LogP contribution in [0.4, 0.5) is 5.69 Å². The molecule has 0 spiro atoms. The number of hydrogen-bond acceptors (Lipinski definition) is 5. The first-order chi connectivity index (χ1) is 12.0. The monoisotopic (exact) mass is 359 g/mol. The maximum atomic E-state index is 12.9. The lowest BCUT2D eigenvalue weighted by molar-refractivity contribution is 0.409. The zero-order valence-electron chi connectivity index (χ0n) is 14.7. The number of H-pyrrole nitrogens is 1. The van der Waals surface area contributed by atoms with Gasteiger partial charge < -0.3 is 19.4 Å². The highest BCUT2D eigenvalue weighted by molar-refractivity contribution is 7.84. The van der Waals surface area contributed by atoms with Crippen molar-refractivity contribution in [3.05, 3.63) is 42.0 Å². The fourth-order valence-electron chi connectivity index (χ4n) is 2.74. The van der Waals surface area contributed by atoms with Gasteiger partial charge in [0.1, 0.15) is 22.5 Å². The Kier molecular flexibility index (Phi) is 4.94. The number of methoxy groups -OCH3 is 2. The molecule has 3 aromatic rings. The standard InChI is InChI=1S/C18H21N3O3S/c1-21(2)13-8-6-5-7-12(13)11-25(22)18-19-16-14(23-3)9-10-15(24-4)17(16)20-18/h5-10H,11H2,1-4H3,(H,19,20). The van der Waals surface area contributed by atoms with E-state index in [0.29, 0.717) is 33.4 Å². The summed E-state index contributed by atoms with van der Waals surface area (Å²) < 4.78 is 23.6. The minimum absolute atomic E-state index is 0.374. The van der Waals surface area contributed by atoms with Gasteiger partial charge in [0.25, 0.3) is 0 Å².